The van der Waals surface area contributed by atoms with Crippen LogP contribution >= 0.6 is 0 Å². The van der Waals surface area contributed by atoms with Crippen molar-refractivity contribution < 1.29 is 24.3 Å². The van der Waals surface area contributed by atoms with Gasteiger partial charge in [0.1, 0.15) is 0 Å². The second-order valence-corrected chi connectivity index (χ2v) is 4.81. The van der Waals surface area contributed by atoms with Crippen molar-refractivity contribution in [2.75, 3.05) is 0 Å². The predicted octanol–water partition coefficient (Wildman–Crippen LogP) is 2.32. The lowest BCUT2D eigenvalue weighted by atomic mass is 9.90. The lowest BCUT2D eigenvalue weighted by Gasteiger charge is -2.27. The van der Waals surface area contributed by atoms with E-state index in [1.807, 2.05) is 13.0 Å². The molecule has 0 spiro atoms. The lowest BCUT2D eigenvalue weighted by molar-refractivity contribution is -0.173. The molecular formula is C14H21NO5. The van der Waals surface area contributed by atoms with Crippen LogP contribution in [-0.2, 0) is 16.0 Å². The minimum absolute atomic E-state index is 0.270. The van der Waals surface area contributed by atoms with Crippen molar-refractivity contribution in [2.45, 2.75) is 45.1 Å². The van der Waals surface area contributed by atoms with E-state index in [0.717, 1.165) is 5.56 Å². The van der Waals surface area contributed by atoms with Crippen LogP contribution in [0.2, 0.25) is 0 Å². The lowest BCUT2D eigenvalue weighted by Crippen LogP contribution is -2.41. The van der Waals surface area contributed by atoms with E-state index >= 15 is 0 Å². The van der Waals surface area contributed by atoms with Gasteiger partial charge in [-0.25, -0.2) is 5.06 Å². The number of aliphatic carboxylic acids is 1. The molecule has 0 aliphatic rings. The third kappa shape index (κ3) is 4.70. The number of aryl methyl sites for hydroxylation is 1. The first-order chi connectivity index (χ1) is 9.60. The topological polar surface area (TPSA) is 91.0 Å². The first-order valence-electron chi connectivity index (χ1n) is 6.76. The number of hydroxylamine groups is 2. The maximum absolute atomic E-state index is 11.4. The van der Waals surface area contributed by atoms with Gasteiger partial charge in [0, 0.05) is 0 Å². The maximum Gasteiger partial charge on any atom is 0.308 e. The molecule has 6 heteroatoms. The minimum Gasteiger partial charge on any atom is -0.481 e. The van der Waals surface area contributed by atoms with Gasteiger partial charge in [-0.1, -0.05) is 13.3 Å². The Balaban J connectivity index is 2.60. The predicted molar refractivity (Wildman–Crippen MR) is 71.2 cm³/mol. The smallest absolute Gasteiger partial charge is 0.308 e. The number of hydrogen-bond acceptors (Lipinski definition) is 4. The molecule has 1 aromatic rings. The molecule has 1 amide bonds. The standard InChI is InChI=1S/C14H21NO5/c1-2-4-13(15(19)10-16)12(14(17)18)6-3-5-11-7-8-20-9-11/h7-10,12-13,19H,2-6H2,1H3,(H,17,18)/t12-,13+/m1/s1. The van der Waals surface area contributed by atoms with E-state index in [2.05, 4.69) is 0 Å². The molecule has 0 unspecified atom stereocenters. The number of furan rings is 1. The Morgan fingerprint density at radius 1 is 1.50 bits per heavy atom. The molecule has 0 radical (unpaired) electrons. The molecule has 6 nitrogen and oxygen atoms in total. The van der Waals surface area contributed by atoms with Crippen LogP contribution in [0.5, 0.6) is 0 Å². The van der Waals surface area contributed by atoms with Gasteiger partial charge >= 0.3 is 5.97 Å². The Morgan fingerprint density at radius 3 is 2.75 bits per heavy atom. The van der Waals surface area contributed by atoms with Crippen LogP contribution in [0, 0.1) is 5.92 Å². The van der Waals surface area contributed by atoms with E-state index in [4.69, 9.17) is 4.42 Å². The third-order valence-electron chi connectivity index (χ3n) is 3.37. The zero-order valence-corrected chi connectivity index (χ0v) is 11.6. The molecule has 112 valence electrons. The molecule has 0 saturated heterocycles. The van der Waals surface area contributed by atoms with Gasteiger partial charge in [0.2, 0.25) is 6.41 Å². The summed E-state index contributed by atoms with van der Waals surface area (Å²) in [5.74, 6) is -1.76. The fraction of sp³-hybridized carbons (Fsp3) is 0.571. The zero-order valence-electron chi connectivity index (χ0n) is 11.6. The highest BCUT2D eigenvalue weighted by Gasteiger charge is 2.31. The fourth-order valence-electron chi connectivity index (χ4n) is 2.33. The van der Waals surface area contributed by atoms with Gasteiger partial charge in [0.25, 0.3) is 0 Å². The van der Waals surface area contributed by atoms with E-state index in [-0.39, 0.29) is 6.41 Å². The number of rotatable bonds is 10. The van der Waals surface area contributed by atoms with Gasteiger partial charge < -0.3 is 9.52 Å². The van der Waals surface area contributed by atoms with Crippen molar-refractivity contribution in [3.05, 3.63) is 24.2 Å². The molecular weight excluding hydrogens is 262 g/mol. The quantitative estimate of drug-likeness (QED) is 0.390. The summed E-state index contributed by atoms with van der Waals surface area (Å²) in [6.07, 6.45) is 6.39. The highest BCUT2D eigenvalue weighted by atomic mass is 16.5. The summed E-state index contributed by atoms with van der Waals surface area (Å²) >= 11 is 0. The van der Waals surface area contributed by atoms with Crippen LogP contribution < -0.4 is 0 Å². The molecule has 0 aliphatic heterocycles. The van der Waals surface area contributed by atoms with Crippen LogP contribution in [0.4, 0.5) is 0 Å². The summed E-state index contributed by atoms with van der Waals surface area (Å²) in [5, 5.41) is 19.3. The van der Waals surface area contributed by atoms with Gasteiger partial charge in [-0.2, -0.15) is 0 Å². The van der Waals surface area contributed by atoms with Gasteiger partial charge in [0.05, 0.1) is 24.5 Å². The summed E-state index contributed by atoms with van der Waals surface area (Å²) in [6.45, 7) is 1.88. The second kappa shape index (κ2) is 8.37. The second-order valence-electron chi connectivity index (χ2n) is 4.81. The van der Waals surface area contributed by atoms with Gasteiger partial charge in [0.15, 0.2) is 0 Å². The fourth-order valence-corrected chi connectivity index (χ4v) is 2.33. The molecule has 0 bridgehead atoms. The third-order valence-corrected chi connectivity index (χ3v) is 3.37. The van der Waals surface area contributed by atoms with E-state index in [0.29, 0.717) is 37.2 Å². The zero-order chi connectivity index (χ0) is 15.0. The monoisotopic (exact) mass is 283 g/mol. The molecule has 1 heterocycles. The molecule has 1 aromatic heterocycles. The average molecular weight is 283 g/mol. The minimum atomic E-state index is -0.989. The van der Waals surface area contributed by atoms with E-state index in [9.17, 15) is 19.9 Å². The van der Waals surface area contributed by atoms with Crippen LogP contribution in [0.1, 0.15) is 38.2 Å². The van der Waals surface area contributed by atoms with Crippen LogP contribution in [0.25, 0.3) is 0 Å². The number of carbonyl (C=O) groups excluding carboxylic acids is 1. The number of carbonyl (C=O) groups is 2. The van der Waals surface area contributed by atoms with Crippen molar-refractivity contribution in [3.8, 4) is 0 Å². The molecule has 2 N–H and O–H groups in total. The van der Waals surface area contributed by atoms with E-state index in [1.165, 1.54) is 0 Å². The molecule has 0 fully saturated rings. The van der Waals surface area contributed by atoms with Gasteiger partial charge in [-0.3, -0.25) is 14.8 Å². The van der Waals surface area contributed by atoms with Gasteiger partial charge in [-0.15, -0.1) is 0 Å². The Morgan fingerprint density at radius 2 is 2.25 bits per heavy atom. The first-order valence-corrected chi connectivity index (χ1v) is 6.76. The Kier molecular flexibility index (Phi) is 6.79. The highest BCUT2D eigenvalue weighted by molar-refractivity contribution is 5.71. The molecule has 0 aromatic carbocycles. The number of amides is 1. The summed E-state index contributed by atoms with van der Waals surface area (Å²) in [5.41, 5.74) is 1.01. The average Bonchev–Trinajstić information content (AvgIpc) is 2.93. The summed E-state index contributed by atoms with van der Waals surface area (Å²) in [6, 6.07) is 1.16. The maximum atomic E-state index is 11.4. The van der Waals surface area contributed by atoms with Crippen molar-refractivity contribution >= 4 is 12.4 Å². The summed E-state index contributed by atoms with van der Waals surface area (Å²) in [7, 11) is 0. The molecule has 0 aliphatic carbocycles. The van der Waals surface area contributed by atoms with Crippen LogP contribution in [0.3, 0.4) is 0 Å². The highest BCUT2D eigenvalue weighted by Crippen LogP contribution is 2.21. The summed E-state index contributed by atoms with van der Waals surface area (Å²) in [4.78, 5) is 22.0. The van der Waals surface area contributed by atoms with Crippen LogP contribution in [-0.4, -0.2) is 33.8 Å². The molecule has 1 rings (SSSR count). The number of hydrogen-bond donors (Lipinski definition) is 2. The van der Waals surface area contributed by atoms with Crippen LogP contribution in [0.15, 0.2) is 23.0 Å². The SMILES string of the molecule is CCC[C@@H]([C@@H](CCCc1ccoc1)C(=O)O)N(O)C=O. The molecule has 0 saturated carbocycles. The normalized spacial score (nSPS) is 13.7. The van der Waals surface area contributed by atoms with Crippen molar-refractivity contribution in [3.63, 3.8) is 0 Å². The molecule has 2 atom stereocenters. The number of carboxylic acid groups (broad SMARTS) is 1. The first kappa shape index (κ1) is 16.2. The van der Waals surface area contributed by atoms with E-state index in [1.54, 1.807) is 12.5 Å². The number of carboxylic acids is 1. The Hall–Kier alpha value is -1.82. The van der Waals surface area contributed by atoms with E-state index < -0.39 is 17.9 Å². The Bertz CT molecular complexity index is 404. The van der Waals surface area contributed by atoms with Gasteiger partial charge in [-0.05, 0) is 37.3 Å². The number of nitrogens with zero attached hydrogens (tertiary/aromatic N) is 1. The van der Waals surface area contributed by atoms with Crippen molar-refractivity contribution in [2.24, 2.45) is 5.92 Å². The van der Waals surface area contributed by atoms with Crippen molar-refractivity contribution in [1.82, 2.24) is 5.06 Å². The summed E-state index contributed by atoms with van der Waals surface area (Å²) < 4.78 is 4.95. The Labute approximate surface area is 118 Å². The van der Waals surface area contributed by atoms with Crippen molar-refractivity contribution in [1.29, 1.82) is 0 Å². The molecule has 20 heavy (non-hydrogen) atoms. The largest absolute Gasteiger partial charge is 0.481 e.